The van der Waals surface area contributed by atoms with Crippen LogP contribution in [0.1, 0.15) is 46.5 Å². The highest BCUT2D eigenvalue weighted by molar-refractivity contribution is 4.90. The third kappa shape index (κ3) is 4.44. The second kappa shape index (κ2) is 7.05. The monoisotopic (exact) mass is 268 g/mol. The van der Waals surface area contributed by atoms with Crippen LogP contribution in [0.2, 0.25) is 0 Å². The van der Waals surface area contributed by atoms with Crippen molar-refractivity contribution in [1.82, 2.24) is 10.2 Å². The highest BCUT2D eigenvalue weighted by atomic mass is 16.5. The third-order valence-electron chi connectivity index (χ3n) is 4.80. The number of hydrogen-bond acceptors (Lipinski definition) is 3. The lowest BCUT2D eigenvalue weighted by Crippen LogP contribution is -2.49. The fraction of sp³-hybridized carbons (Fsp3) is 1.00. The van der Waals surface area contributed by atoms with Crippen LogP contribution in [0.25, 0.3) is 0 Å². The van der Waals surface area contributed by atoms with Crippen molar-refractivity contribution >= 4 is 0 Å². The van der Waals surface area contributed by atoms with Gasteiger partial charge in [-0.25, -0.2) is 0 Å². The number of rotatable bonds is 6. The standard InChI is InChI=1S/C16H32N2O/c1-4-15-6-8-18(10-15)12-16(11-17-14(2)3)7-5-9-19-13-16/h14-15,17H,4-13H2,1-3H3. The van der Waals surface area contributed by atoms with Crippen LogP contribution in [0.15, 0.2) is 0 Å². The number of likely N-dealkylation sites (tertiary alicyclic amines) is 1. The Morgan fingerprint density at radius 2 is 2.26 bits per heavy atom. The summed E-state index contributed by atoms with van der Waals surface area (Å²) in [6.07, 6.45) is 5.28. The van der Waals surface area contributed by atoms with Gasteiger partial charge in [-0.1, -0.05) is 27.2 Å². The minimum atomic E-state index is 0.352. The molecule has 0 radical (unpaired) electrons. The molecule has 2 atom stereocenters. The topological polar surface area (TPSA) is 24.5 Å². The van der Waals surface area contributed by atoms with Crippen LogP contribution in [-0.2, 0) is 4.74 Å². The van der Waals surface area contributed by atoms with Crippen molar-refractivity contribution < 1.29 is 4.74 Å². The van der Waals surface area contributed by atoms with Crippen molar-refractivity contribution in [2.75, 3.05) is 39.4 Å². The van der Waals surface area contributed by atoms with Gasteiger partial charge in [0.2, 0.25) is 0 Å². The van der Waals surface area contributed by atoms with E-state index in [1.165, 1.54) is 45.3 Å². The summed E-state index contributed by atoms with van der Waals surface area (Å²) >= 11 is 0. The summed E-state index contributed by atoms with van der Waals surface area (Å²) in [5.41, 5.74) is 0.352. The second-order valence-corrected chi connectivity index (χ2v) is 6.99. The summed E-state index contributed by atoms with van der Waals surface area (Å²) < 4.78 is 5.81. The maximum Gasteiger partial charge on any atom is 0.0546 e. The minimum Gasteiger partial charge on any atom is -0.381 e. The zero-order valence-corrected chi connectivity index (χ0v) is 13.1. The SMILES string of the molecule is CCC1CCN(CC2(CNC(C)C)CCCOC2)C1. The van der Waals surface area contributed by atoms with Gasteiger partial charge in [-0.15, -0.1) is 0 Å². The van der Waals surface area contributed by atoms with E-state index in [0.717, 1.165) is 25.7 Å². The molecular weight excluding hydrogens is 236 g/mol. The molecule has 0 saturated carbocycles. The number of nitrogens with one attached hydrogen (secondary N) is 1. The normalized spacial score (nSPS) is 33.2. The van der Waals surface area contributed by atoms with Crippen LogP contribution in [0.4, 0.5) is 0 Å². The van der Waals surface area contributed by atoms with Gasteiger partial charge in [-0.2, -0.15) is 0 Å². The number of ether oxygens (including phenoxy) is 1. The molecule has 2 saturated heterocycles. The molecule has 0 amide bonds. The maximum absolute atomic E-state index is 5.81. The Labute approximate surface area is 119 Å². The van der Waals surface area contributed by atoms with Gasteiger partial charge in [0.1, 0.15) is 0 Å². The average Bonchev–Trinajstić information content (AvgIpc) is 2.85. The average molecular weight is 268 g/mol. The highest BCUT2D eigenvalue weighted by Gasteiger charge is 2.36. The van der Waals surface area contributed by atoms with E-state index >= 15 is 0 Å². The van der Waals surface area contributed by atoms with Gasteiger partial charge in [0.15, 0.2) is 0 Å². The first kappa shape index (κ1) is 15.3. The Morgan fingerprint density at radius 1 is 1.42 bits per heavy atom. The molecule has 3 nitrogen and oxygen atoms in total. The molecule has 0 aromatic rings. The molecule has 112 valence electrons. The Hall–Kier alpha value is -0.120. The molecule has 2 rings (SSSR count). The third-order valence-corrected chi connectivity index (χ3v) is 4.80. The number of hydrogen-bond donors (Lipinski definition) is 1. The van der Waals surface area contributed by atoms with Crippen LogP contribution in [-0.4, -0.2) is 50.3 Å². The van der Waals surface area contributed by atoms with Crippen molar-refractivity contribution in [3.8, 4) is 0 Å². The summed E-state index contributed by atoms with van der Waals surface area (Å²) in [5, 5.41) is 3.65. The quantitative estimate of drug-likeness (QED) is 0.801. The van der Waals surface area contributed by atoms with Crippen molar-refractivity contribution in [2.24, 2.45) is 11.3 Å². The summed E-state index contributed by atoms with van der Waals surface area (Å²) in [6, 6.07) is 0.570. The predicted molar refractivity (Wildman–Crippen MR) is 80.5 cm³/mol. The van der Waals surface area contributed by atoms with Gasteiger partial charge in [-0.3, -0.25) is 0 Å². The van der Waals surface area contributed by atoms with Crippen molar-refractivity contribution in [2.45, 2.75) is 52.5 Å². The largest absolute Gasteiger partial charge is 0.381 e. The second-order valence-electron chi connectivity index (χ2n) is 6.99. The molecular formula is C16H32N2O. The van der Waals surface area contributed by atoms with Crippen molar-refractivity contribution in [3.05, 3.63) is 0 Å². The fourth-order valence-electron chi connectivity index (χ4n) is 3.51. The Kier molecular flexibility index (Phi) is 5.67. The molecule has 0 bridgehead atoms. The van der Waals surface area contributed by atoms with Gasteiger partial charge in [0.05, 0.1) is 6.61 Å². The molecule has 2 unspecified atom stereocenters. The smallest absolute Gasteiger partial charge is 0.0546 e. The molecule has 0 aliphatic carbocycles. The Bertz CT molecular complexity index is 261. The Morgan fingerprint density at radius 3 is 2.84 bits per heavy atom. The molecule has 3 heteroatoms. The van der Waals surface area contributed by atoms with Gasteiger partial charge < -0.3 is 15.0 Å². The summed E-state index contributed by atoms with van der Waals surface area (Å²) in [5.74, 6) is 0.930. The van der Waals surface area contributed by atoms with Crippen LogP contribution in [0.3, 0.4) is 0 Å². The van der Waals surface area contributed by atoms with E-state index < -0.39 is 0 Å². The van der Waals surface area contributed by atoms with Gasteiger partial charge in [-0.05, 0) is 31.7 Å². The van der Waals surface area contributed by atoms with Gasteiger partial charge in [0.25, 0.3) is 0 Å². The zero-order chi connectivity index (χ0) is 13.7. The zero-order valence-electron chi connectivity index (χ0n) is 13.1. The van der Waals surface area contributed by atoms with Crippen molar-refractivity contribution in [3.63, 3.8) is 0 Å². The maximum atomic E-state index is 5.81. The van der Waals surface area contributed by atoms with Crippen molar-refractivity contribution in [1.29, 1.82) is 0 Å². The predicted octanol–water partition coefficient (Wildman–Crippen LogP) is 2.51. The van der Waals surface area contributed by atoms with E-state index in [1.807, 2.05) is 0 Å². The molecule has 2 aliphatic heterocycles. The van der Waals surface area contributed by atoms with Crippen LogP contribution in [0, 0.1) is 11.3 Å². The van der Waals surface area contributed by atoms with E-state index in [2.05, 4.69) is 31.0 Å². The van der Waals surface area contributed by atoms with Crippen LogP contribution >= 0.6 is 0 Å². The minimum absolute atomic E-state index is 0.352. The molecule has 2 fully saturated rings. The molecule has 1 N–H and O–H groups in total. The van der Waals surface area contributed by atoms with Crippen LogP contribution in [0.5, 0.6) is 0 Å². The molecule has 0 aromatic heterocycles. The van der Waals surface area contributed by atoms with E-state index in [9.17, 15) is 0 Å². The molecule has 0 spiro atoms. The van der Waals surface area contributed by atoms with E-state index in [1.54, 1.807) is 0 Å². The van der Waals surface area contributed by atoms with Crippen LogP contribution < -0.4 is 5.32 Å². The van der Waals surface area contributed by atoms with Gasteiger partial charge in [0, 0.05) is 37.7 Å². The van der Waals surface area contributed by atoms with Gasteiger partial charge >= 0.3 is 0 Å². The molecule has 19 heavy (non-hydrogen) atoms. The molecule has 2 aliphatic rings. The highest BCUT2D eigenvalue weighted by Crippen LogP contribution is 2.31. The summed E-state index contributed by atoms with van der Waals surface area (Å²) in [6.45, 7) is 13.6. The van der Waals surface area contributed by atoms with E-state index in [0.29, 0.717) is 11.5 Å². The van der Waals surface area contributed by atoms with E-state index in [4.69, 9.17) is 4.74 Å². The molecule has 2 heterocycles. The molecule has 0 aromatic carbocycles. The fourth-order valence-corrected chi connectivity index (χ4v) is 3.51. The Balaban J connectivity index is 1.89. The summed E-state index contributed by atoms with van der Waals surface area (Å²) in [7, 11) is 0. The number of nitrogens with zero attached hydrogens (tertiary/aromatic N) is 1. The lowest BCUT2D eigenvalue weighted by atomic mass is 9.81. The van der Waals surface area contributed by atoms with E-state index in [-0.39, 0.29) is 0 Å². The lowest BCUT2D eigenvalue weighted by molar-refractivity contribution is -0.0243. The first-order valence-corrected chi connectivity index (χ1v) is 8.17. The lowest BCUT2D eigenvalue weighted by Gasteiger charge is -2.40. The first-order valence-electron chi connectivity index (χ1n) is 8.17. The first-order chi connectivity index (χ1) is 9.13. The summed E-state index contributed by atoms with van der Waals surface area (Å²) in [4.78, 5) is 2.69.